The standard InChI is InChI=1S/C15H11F3N2O6S/c16-15(17,18)12-6-9(8-1-2-10-11(5-8)26-7-25-10)19-14(20-12)27(23,24)4-3-13(21)22/h1-2,5-6H,3-4,7H2,(H,21,22)/p-1. The summed E-state index contributed by atoms with van der Waals surface area (Å²) in [6.45, 7) is -0.0563. The van der Waals surface area contributed by atoms with Crippen LogP contribution in [-0.4, -0.2) is 36.9 Å². The van der Waals surface area contributed by atoms with E-state index in [4.69, 9.17) is 9.47 Å². The van der Waals surface area contributed by atoms with Gasteiger partial charge in [-0.15, -0.1) is 0 Å². The molecule has 0 bridgehead atoms. The molecule has 0 saturated carbocycles. The van der Waals surface area contributed by atoms with Gasteiger partial charge in [-0.25, -0.2) is 18.4 Å². The molecule has 2 aromatic rings. The van der Waals surface area contributed by atoms with Gasteiger partial charge in [-0.2, -0.15) is 13.2 Å². The number of carboxylic acids is 1. The summed E-state index contributed by atoms with van der Waals surface area (Å²) in [5.41, 5.74) is -1.65. The minimum atomic E-state index is -4.94. The lowest BCUT2D eigenvalue weighted by atomic mass is 10.1. The lowest BCUT2D eigenvalue weighted by Gasteiger charge is -2.11. The number of hydrogen-bond donors (Lipinski definition) is 0. The number of carboxylic acid groups (broad SMARTS) is 1. The zero-order chi connectivity index (χ0) is 19.8. The highest BCUT2D eigenvalue weighted by atomic mass is 32.2. The number of aromatic nitrogens is 2. The van der Waals surface area contributed by atoms with Gasteiger partial charge in [-0.3, -0.25) is 0 Å². The van der Waals surface area contributed by atoms with E-state index in [1.165, 1.54) is 18.2 Å². The van der Waals surface area contributed by atoms with E-state index in [-0.39, 0.29) is 23.8 Å². The van der Waals surface area contributed by atoms with Crippen LogP contribution in [-0.2, 0) is 20.8 Å². The molecule has 1 aromatic carbocycles. The second kappa shape index (κ2) is 6.68. The van der Waals surface area contributed by atoms with Crippen LogP contribution < -0.4 is 14.6 Å². The van der Waals surface area contributed by atoms with Crippen molar-refractivity contribution >= 4 is 15.8 Å². The van der Waals surface area contributed by atoms with Gasteiger partial charge in [0.1, 0.15) is 5.69 Å². The molecule has 0 fully saturated rings. The first-order valence-electron chi connectivity index (χ1n) is 7.35. The molecule has 0 atom stereocenters. The molecular formula is C15H10F3N2O6S-. The summed E-state index contributed by atoms with van der Waals surface area (Å²) >= 11 is 0. The zero-order valence-corrected chi connectivity index (χ0v) is 14.1. The van der Waals surface area contributed by atoms with Gasteiger partial charge >= 0.3 is 6.18 Å². The number of ether oxygens (including phenoxy) is 2. The first-order valence-corrected chi connectivity index (χ1v) is 9.00. The number of fused-ring (bicyclic) bond motifs is 1. The van der Waals surface area contributed by atoms with Crippen molar-refractivity contribution in [3.8, 4) is 22.8 Å². The first kappa shape index (κ1) is 18.9. The Labute approximate surface area is 150 Å². The number of nitrogens with zero attached hydrogens (tertiary/aromatic N) is 2. The van der Waals surface area contributed by atoms with Crippen LogP contribution in [0.15, 0.2) is 29.4 Å². The summed E-state index contributed by atoms with van der Waals surface area (Å²) in [6, 6.07) is 4.77. The largest absolute Gasteiger partial charge is 0.550 e. The molecule has 0 unspecified atom stereocenters. The topological polar surface area (TPSA) is 119 Å². The van der Waals surface area contributed by atoms with E-state index < -0.39 is 45.0 Å². The molecule has 1 aliphatic heterocycles. The normalized spacial score (nSPS) is 13.6. The van der Waals surface area contributed by atoms with Crippen molar-refractivity contribution in [2.24, 2.45) is 0 Å². The zero-order valence-electron chi connectivity index (χ0n) is 13.3. The number of halogens is 3. The predicted molar refractivity (Wildman–Crippen MR) is 80.3 cm³/mol. The fourth-order valence-electron chi connectivity index (χ4n) is 2.22. The summed E-state index contributed by atoms with van der Waals surface area (Å²) < 4.78 is 74.0. The molecule has 8 nitrogen and oxygen atoms in total. The third-order valence-corrected chi connectivity index (χ3v) is 5.00. The Kier molecular flexibility index (Phi) is 4.68. The minimum Gasteiger partial charge on any atom is -0.550 e. The van der Waals surface area contributed by atoms with Crippen LogP contribution in [0.5, 0.6) is 11.5 Å². The Balaban J connectivity index is 2.10. The van der Waals surface area contributed by atoms with Crippen LogP contribution in [0, 0.1) is 0 Å². The lowest BCUT2D eigenvalue weighted by Crippen LogP contribution is -2.26. The van der Waals surface area contributed by atoms with E-state index in [0.717, 1.165) is 0 Å². The maximum Gasteiger partial charge on any atom is 0.433 e. The molecule has 0 saturated heterocycles. The summed E-state index contributed by atoms with van der Waals surface area (Å²) in [5.74, 6) is -2.01. The van der Waals surface area contributed by atoms with Gasteiger partial charge < -0.3 is 19.4 Å². The van der Waals surface area contributed by atoms with Crippen molar-refractivity contribution in [1.82, 2.24) is 9.97 Å². The SMILES string of the molecule is O=C([O-])CCS(=O)(=O)c1nc(-c2ccc3c(c2)OCO3)cc(C(F)(F)F)n1. The van der Waals surface area contributed by atoms with Gasteiger partial charge in [-0.05, 0) is 24.3 Å². The molecule has 27 heavy (non-hydrogen) atoms. The number of sulfone groups is 1. The average Bonchev–Trinajstić information content (AvgIpc) is 3.06. The van der Waals surface area contributed by atoms with Crippen molar-refractivity contribution < 1.29 is 41.0 Å². The van der Waals surface area contributed by atoms with Crippen molar-refractivity contribution in [1.29, 1.82) is 0 Å². The predicted octanol–water partition coefficient (Wildman–Crippen LogP) is 0.805. The second-order valence-corrected chi connectivity index (χ2v) is 7.43. The molecule has 0 N–H and O–H groups in total. The minimum absolute atomic E-state index is 0.0563. The van der Waals surface area contributed by atoms with Gasteiger partial charge in [0, 0.05) is 18.0 Å². The van der Waals surface area contributed by atoms with E-state index in [1.54, 1.807) is 0 Å². The third kappa shape index (κ3) is 4.10. The maximum absolute atomic E-state index is 13.2. The van der Waals surface area contributed by atoms with Crippen molar-refractivity contribution in [2.75, 3.05) is 12.5 Å². The molecule has 1 aliphatic rings. The summed E-state index contributed by atoms with van der Waals surface area (Å²) in [5, 5.41) is 9.36. The maximum atomic E-state index is 13.2. The highest BCUT2D eigenvalue weighted by Crippen LogP contribution is 2.37. The Morgan fingerprint density at radius 2 is 1.85 bits per heavy atom. The molecule has 0 aliphatic carbocycles. The fourth-order valence-corrected chi connectivity index (χ4v) is 3.32. The van der Waals surface area contributed by atoms with Gasteiger partial charge in [-0.1, -0.05) is 0 Å². The molecule has 144 valence electrons. The molecule has 2 heterocycles. The van der Waals surface area contributed by atoms with Crippen LogP contribution in [0.4, 0.5) is 13.2 Å². The Bertz CT molecular complexity index is 1010. The monoisotopic (exact) mass is 403 g/mol. The summed E-state index contributed by atoms with van der Waals surface area (Å²) in [6.07, 6.45) is -5.84. The molecular weight excluding hydrogens is 393 g/mol. The number of benzene rings is 1. The summed E-state index contributed by atoms with van der Waals surface area (Å²) in [7, 11) is -4.48. The van der Waals surface area contributed by atoms with Crippen molar-refractivity contribution in [2.45, 2.75) is 17.8 Å². The highest BCUT2D eigenvalue weighted by Gasteiger charge is 2.35. The molecule has 1 aromatic heterocycles. The number of alkyl halides is 3. The van der Waals surface area contributed by atoms with Crippen molar-refractivity contribution in [3.63, 3.8) is 0 Å². The van der Waals surface area contributed by atoms with Crippen molar-refractivity contribution in [3.05, 3.63) is 30.0 Å². The number of carbonyl (C=O) groups is 1. The smallest absolute Gasteiger partial charge is 0.433 e. The van der Waals surface area contributed by atoms with Crippen LogP contribution in [0.1, 0.15) is 12.1 Å². The highest BCUT2D eigenvalue weighted by molar-refractivity contribution is 7.91. The van der Waals surface area contributed by atoms with E-state index in [0.29, 0.717) is 11.8 Å². The van der Waals surface area contributed by atoms with Gasteiger partial charge in [0.05, 0.1) is 11.4 Å². The number of rotatable bonds is 5. The second-order valence-electron chi connectivity index (χ2n) is 5.43. The van der Waals surface area contributed by atoms with Crippen LogP contribution in [0.3, 0.4) is 0 Å². The van der Waals surface area contributed by atoms with Gasteiger partial charge in [0.2, 0.25) is 21.8 Å². The Morgan fingerprint density at radius 3 is 2.52 bits per heavy atom. The quantitative estimate of drug-likeness (QED) is 0.673. The number of hydrogen-bond acceptors (Lipinski definition) is 8. The van der Waals surface area contributed by atoms with Gasteiger partial charge in [0.25, 0.3) is 0 Å². The van der Waals surface area contributed by atoms with E-state index in [2.05, 4.69) is 9.97 Å². The van der Waals surface area contributed by atoms with Gasteiger partial charge in [0.15, 0.2) is 11.5 Å². The van der Waals surface area contributed by atoms with Crippen LogP contribution in [0.25, 0.3) is 11.3 Å². The average molecular weight is 403 g/mol. The molecule has 0 radical (unpaired) electrons. The molecule has 12 heteroatoms. The fraction of sp³-hybridized carbons (Fsp3) is 0.267. The molecule has 3 rings (SSSR count). The number of carbonyl (C=O) groups excluding carboxylic acids is 1. The Hall–Kier alpha value is -2.89. The third-order valence-electron chi connectivity index (χ3n) is 3.52. The summed E-state index contributed by atoms with van der Waals surface area (Å²) in [4.78, 5) is 17.2. The van der Waals surface area contributed by atoms with Crippen LogP contribution >= 0.6 is 0 Å². The lowest BCUT2D eigenvalue weighted by molar-refractivity contribution is -0.305. The van der Waals surface area contributed by atoms with E-state index >= 15 is 0 Å². The molecule has 0 amide bonds. The van der Waals surface area contributed by atoms with E-state index in [1.807, 2.05) is 0 Å². The first-order chi connectivity index (χ1) is 12.6. The van der Waals surface area contributed by atoms with Crippen LogP contribution in [0.2, 0.25) is 0 Å². The Morgan fingerprint density at radius 1 is 1.15 bits per heavy atom. The van der Waals surface area contributed by atoms with E-state index in [9.17, 15) is 31.5 Å². The molecule has 0 spiro atoms. The number of aliphatic carboxylic acids is 1.